The Kier molecular flexibility index (Phi) is 6.73. The van der Waals surface area contributed by atoms with Crippen LogP contribution < -0.4 is 4.74 Å². The molecule has 0 spiro atoms. The van der Waals surface area contributed by atoms with Crippen molar-refractivity contribution in [2.75, 3.05) is 7.11 Å². The van der Waals surface area contributed by atoms with Gasteiger partial charge in [-0.05, 0) is 29.8 Å². The number of nitriles is 1. The van der Waals surface area contributed by atoms with Gasteiger partial charge in [-0.15, -0.1) is 0 Å². The standard InChI is InChI=1S/C23H23NO4/c1-23(2,3)21(25)19(14-24)13-18-7-5-6-8-20(18)28-15-16-9-11-17(12-10-16)22(26)27-4/h5-13H,15H2,1-4H3/b19-13+. The van der Waals surface area contributed by atoms with Crippen LogP contribution in [0.1, 0.15) is 42.3 Å². The van der Waals surface area contributed by atoms with Crippen LogP contribution in [0.3, 0.4) is 0 Å². The van der Waals surface area contributed by atoms with E-state index in [1.807, 2.05) is 18.2 Å². The zero-order valence-electron chi connectivity index (χ0n) is 16.5. The summed E-state index contributed by atoms with van der Waals surface area (Å²) in [5.74, 6) is -0.0484. The Hall–Kier alpha value is -3.39. The van der Waals surface area contributed by atoms with Crippen molar-refractivity contribution in [3.8, 4) is 11.8 Å². The van der Waals surface area contributed by atoms with Crippen LogP contribution in [0.5, 0.6) is 5.75 Å². The smallest absolute Gasteiger partial charge is 0.337 e. The average molecular weight is 377 g/mol. The number of carbonyl (C=O) groups is 2. The van der Waals surface area contributed by atoms with Gasteiger partial charge in [0.1, 0.15) is 18.4 Å². The lowest BCUT2D eigenvalue weighted by Crippen LogP contribution is -2.21. The second-order valence-electron chi connectivity index (χ2n) is 7.26. The SMILES string of the molecule is COC(=O)c1ccc(COc2ccccc2/C=C(\C#N)C(=O)C(C)(C)C)cc1. The zero-order chi connectivity index (χ0) is 20.7. The quantitative estimate of drug-likeness (QED) is 0.418. The largest absolute Gasteiger partial charge is 0.488 e. The van der Waals surface area contributed by atoms with Crippen LogP contribution in [0.25, 0.3) is 6.08 Å². The van der Waals surface area contributed by atoms with Gasteiger partial charge in [0.15, 0.2) is 5.78 Å². The molecule has 2 aromatic carbocycles. The number of para-hydroxylation sites is 1. The highest BCUT2D eigenvalue weighted by Gasteiger charge is 2.25. The van der Waals surface area contributed by atoms with Gasteiger partial charge in [-0.2, -0.15) is 5.26 Å². The molecule has 0 aliphatic rings. The monoisotopic (exact) mass is 377 g/mol. The molecule has 0 amide bonds. The Balaban J connectivity index is 2.20. The van der Waals surface area contributed by atoms with Crippen molar-refractivity contribution in [3.63, 3.8) is 0 Å². The maximum absolute atomic E-state index is 12.4. The lowest BCUT2D eigenvalue weighted by Gasteiger charge is -2.16. The summed E-state index contributed by atoms with van der Waals surface area (Å²) in [5, 5.41) is 9.39. The van der Waals surface area contributed by atoms with E-state index >= 15 is 0 Å². The minimum Gasteiger partial charge on any atom is -0.488 e. The van der Waals surface area contributed by atoms with Crippen molar-refractivity contribution >= 4 is 17.8 Å². The summed E-state index contributed by atoms with van der Waals surface area (Å²) in [4.78, 5) is 23.9. The Bertz CT molecular complexity index is 928. The number of rotatable bonds is 6. The molecule has 0 saturated heterocycles. The molecule has 0 fully saturated rings. The number of methoxy groups -OCH3 is 1. The van der Waals surface area contributed by atoms with E-state index in [1.165, 1.54) is 7.11 Å². The maximum atomic E-state index is 12.4. The van der Waals surface area contributed by atoms with E-state index in [2.05, 4.69) is 4.74 Å². The number of benzene rings is 2. The summed E-state index contributed by atoms with van der Waals surface area (Å²) < 4.78 is 10.6. The number of allylic oxidation sites excluding steroid dienone is 1. The van der Waals surface area contributed by atoms with E-state index in [0.717, 1.165) is 5.56 Å². The van der Waals surface area contributed by atoms with Crippen LogP contribution >= 0.6 is 0 Å². The Morgan fingerprint density at radius 2 is 1.71 bits per heavy atom. The number of hydrogen-bond donors (Lipinski definition) is 0. The second-order valence-corrected chi connectivity index (χ2v) is 7.26. The Morgan fingerprint density at radius 1 is 1.07 bits per heavy atom. The molecule has 28 heavy (non-hydrogen) atoms. The molecule has 0 saturated carbocycles. The molecule has 5 nitrogen and oxygen atoms in total. The van der Waals surface area contributed by atoms with Crippen molar-refractivity contribution in [1.29, 1.82) is 5.26 Å². The molecule has 0 aliphatic heterocycles. The summed E-state index contributed by atoms with van der Waals surface area (Å²) in [6, 6.07) is 16.1. The number of esters is 1. The normalized spacial score (nSPS) is 11.5. The number of ether oxygens (including phenoxy) is 2. The molecule has 0 bridgehead atoms. The van der Waals surface area contributed by atoms with Crippen LogP contribution in [0.4, 0.5) is 0 Å². The van der Waals surface area contributed by atoms with Gasteiger partial charge in [0.05, 0.1) is 18.2 Å². The van der Waals surface area contributed by atoms with Gasteiger partial charge in [0.25, 0.3) is 0 Å². The number of hydrogen-bond acceptors (Lipinski definition) is 5. The predicted molar refractivity (Wildman–Crippen MR) is 107 cm³/mol. The first-order chi connectivity index (χ1) is 13.3. The molecular weight excluding hydrogens is 354 g/mol. The molecule has 2 rings (SSSR count). The van der Waals surface area contributed by atoms with Crippen molar-refractivity contribution in [2.45, 2.75) is 27.4 Å². The van der Waals surface area contributed by atoms with Gasteiger partial charge < -0.3 is 9.47 Å². The molecular formula is C23H23NO4. The van der Waals surface area contributed by atoms with Crippen molar-refractivity contribution in [2.24, 2.45) is 5.41 Å². The van der Waals surface area contributed by atoms with Gasteiger partial charge >= 0.3 is 5.97 Å². The zero-order valence-corrected chi connectivity index (χ0v) is 16.5. The number of ketones is 1. The Labute approximate surface area is 165 Å². The third-order valence-corrected chi connectivity index (χ3v) is 4.03. The molecule has 0 unspecified atom stereocenters. The molecule has 0 N–H and O–H groups in total. The van der Waals surface area contributed by atoms with Crippen molar-refractivity contribution < 1.29 is 19.1 Å². The van der Waals surface area contributed by atoms with Crippen LogP contribution in [0.2, 0.25) is 0 Å². The molecule has 0 atom stereocenters. The highest BCUT2D eigenvalue weighted by atomic mass is 16.5. The fourth-order valence-electron chi connectivity index (χ4n) is 2.46. The van der Waals surface area contributed by atoms with E-state index < -0.39 is 11.4 Å². The van der Waals surface area contributed by atoms with Crippen LogP contribution in [0.15, 0.2) is 54.1 Å². The molecule has 0 heterocycles. The highest BCUT2D eigenvalue weighted by Crippen LogP contribution is 2.26. The topological polar surface area (TPSA) is 76.4 Å². The minimum absolute atomic E-state index is 0.0889. The van der Waals surface area contributed by atoms with Crippen LogP contribution in [-0.2, 0) is 16.1 Å². The first-order valence-electron chi connectivity index (χ1n) is 8.82. The van der Waals surface area contributed by atoms with Gasteiger partial charge in [-0.1, -0.05) is 51.1 Å². The summed E-state index contributed by atoms with van der Waals surface area (Å²) >= 11 is 0. The molecule has 2 aromatic rings. The van der Waals surface area contributed by atoms with E-state index in [-0.39, 0.29) is 18.0 Å². The van der Waals surface area contributed by atoms with Gasteiger partial charge in [0.2, 0.25) is 0 Å². The number of Topliss-reactive ketones (excluding diaryl/α,β-unsaturated/α-hetero) is 1. The fourth-order valence-corrected chi connectivity index (χ4v) is 2.46. The molecule has 0 aliphatic carbocycles. The lowest BCUT2D eigenvalue weighted by molar-refractivity contribution is -0.121. The average Bonchev–Trinajstić information content (AvgIpc) is 2.69. The highest BCUT2D eigenvalue weighted by molar-refractivity contribution is 6.06. The molecule has 0 radical (unpaired) electrons. The maximum Gasteiger partial charge on any atom is 0.337 e. The van der Waals surface area contributed by atoms with Crippen LogP contribution in [-0.4, -0.2) is 18.9 Å². The van der Waals surface area contributed by atoms with Crippen molar-refractivity contribution in [3.05, 3.63) is 70.8 Å². The fraction of sp³-hybridized carbons (Fsp3) is 0.261. The Morgan fingerprint density at radius 3 is 2.29 bits per heavy atom. The van der Waals surface area contributed by atoms with E-state index in [0.29, 0.717) is 16.9 Å². The molecule has 144 valence electrons. The lowest BCUT2D eigenvalue weighted by atomic mass is 9.86. The summed E-state index contributed by atoms with van der Waals surface area (Å²) in [7, 11) is 1.34. The first kappa shape index (κ1) is 20.9. The number of carbonyl (C=O) groups excluding carboxylic acids is 2. The number of nitrogens with zero attached hydrogens (tertiary/aromatic N) is 1. The van der Waals surface area contributed by atoms with Gasteiger partial charge in [-0.3, -0.25) is 4.79 Å². The second kappa shape index (κ2) is 9.01. The first-order valence-corrected chi connectivity index (χ1v) is 8.82. The summed E-state index contributed by atoms with van der Waals surface area (Å²) in [6.07, 6.45) is 1.56. The van der Waals surface area contributed by atoms with E-state index in [4.69, 9.17) is 4.74 Å². The third-order valence-electron chi connectivity index (χ3n) is 4.03. The minimum atomic E-state index is -0.640. The molecule has 5 heteroatoms. The van der Waals surface area contributed by atoms with E-state index in [1.54, 1.807) is 63.2 Å². The molecule has 0 aromatic heterocycles. The predicted octanol–water partition coefficient (Wildman–Crippen LogP) is 4.57. The van der Waals surface area contributed by atoms with Crippen molar-refractivity contribution in [1.82, 2.24) is 0 Å². The summed E-state index contributed by atoms with van der Waals surface area (Å²) in [5.41, 5.74) is 1.44. The third kappa shape index (κ3) is 5.31. The summed E-state index contributed by atoms with van der Waals surface area (Å²) in [6.45, 7) is 5.62. The van der Waals surface area contributed by atoms with Crippen LogP contribution in [0, 0.1) is 16.7 Å². The van der Waals surface area contributed by atoms with Gasteiger partial charge in [0, 0.05) is 11.0 Å². The van der Waals surface area contributed by atoms with E-state index in [9.17, 15) is 14.9 Å². The van der Waals surface area contributed by atoms with Gasteiger partial charge in [-0.25, -0.2) is 4.79 Å².